The number of unbranched alkanes of at least 4 members (excludes halogenated alkanes) is 1. The first kappa shape index (κ1) is 24.2. The summed E-state index contributed by atoms with van der Waals surface area (Å²) in [5.74, 6) is 0. The molecule has 0 N–H and O–H groups in total. The second-order valence-corrected chi connectivity index (χ2v) is 5.66. The van der Waals surface area contributed by atoms with Crippen LogP contribution in [0, 0.1) is 0 Å². The van der Waals surface area contributed by atoms with Gasteiger partial charge in [-0.3, -0.25) is 0 Å². The molecule has 0 spiro atoms. The quantitative estimate of drug-likeness (QED) is 0.469. The van der Waals surface area contributed by atoms with Gasteiger partial charge in [0.25, 0.3) is 0 Å². The molecule has 0 saturated carbocycles. The van der Waals surface area contributed by atoms with E-state index in [4.69, 9.17) is 5.32 Å². The van der Waals surface area contributed by atoms with Crippen LogP contribution >= 0.6 is 0 Å². The van der Waals surface area contributed by atoms with Crippen LogP contribution < -0.4 is 24.8 Å². The van der Waals surface area contributed by atoms with Crippen LogP contribution in [0.25, 0.3) is 10.9 Å². The fraction of sp³-hybridized carbons (Fsp3) is 0.444. The fourth-order valence-corrected chi connectivity index (χ4v) is 2.55. The van der Waals surface area contributed by atoms with Gasteiger partial charge in [-0.2, -0.15) is 0 Å². The number of nitrogens with zero attached hydrogens (tertiary/aromatic N) is 1. The molecule has 0 amide bonds. The Labute approximate surface area is 162 Å². The zero-order valence-electron chi connectivity index (χ0n) is 13.6. The minimum absolute atomic E-state index is 0. The number of benzene rings is 1. The van der Waals surface area contributed by atoms with Gasteiger partial charge in [0, 0.05) is 0 Å². The van der Waals surface area contributed by atoms with Gasteiger partial charge in [-0.1, -0.05) is 81.7 Å². The van der Waals surface area contributed by atoms with E-state index < -0.39 is 0 Å². The van der Waals surface area contributed by atoms with Gasteiger partial charge in [-0.15, -0.1) is 12.1 Å². The second kappa shape index (κ2) is 11.5. The first-order chi connectivity index (χ1) is 9.15. The summed E-state index contributed by atoms with van der Waals surface area (Å²) in [4.78, 5) is 0. The predicted octanol–water partition coefficient (Wildman–Crippen LogP) is -0.556. The summed E-state index contributed by atoms with van der Waals surface area (Å²) >= 11 is 0. The molecule has 0 atom stereocenters. The first-order valence-corrected chi connectivity index (χ1v) is 7.29. The average molecular weight is 373 g/mol. The molecule has 1 radical (unpaired) electrons. The van der Waals surface area contributed by atoms with Crippen molar-refractivity contribution >= 4 is 5.57 Å². The van der Waals surface area contributed by atoms with Crippen molar-refractivity contribution in [3.63, 3.8) is 0 Å². The number of halogens is 2. The molecule has 119 valence electrons. The molecule has 1 aromatic carbocycles. The second-order valence-electron chi connectivity index (χ2n) is 5.66. The van der Waals surface area contributed by atoms with Crippen LogP contribution in [-0.4, -0.2) is 6.54 Å². The minimum Gasteiger partial charge on any atom is -1.00 e. The Morgan fingerprint density at radius 1 is 1.14 bits per heavy atom. The molecule has 2 rings (SSSR count). The Morgan fingerprint density at radius 3 is 2.41 bits per heavy atom. The summed E-state index contributed by atoms with van der Waals surface area (Å²) in [5.41, 5.74) is 4.02. The van der Waals surface area contributed by atoms with Crippen LogP contribution in [0.3, 0.4) is 0 Å². The van der Waals surface area contributed by atoms with Gasteiger partial charge >= 0.3 is 21.7 Å². The van der Waals surface area contributed by atoms with E-state index in [-0.39, 0.29) is 52.1 Å². The van der Waals surface area contributed by atoms with Crippen LogP contribution in [-0.2, 0) is 27.3 Å². The Bertz CT molecular complexity index is 496. The van der Waals surface area contributed by atoms with Crippen molar-refractivity contribution in [2.75, 3.05) is 6.54 Å². The van der Waals surface area contributed by atoms with Crippen LogP contribution in [0.5, 0.6) is 0 Å². The van der Waals surface area contributed by atoms with Crippen LogP contribution in [0.15, 0.2) is 42.5 Å². The largest absolute Gasteiger partial charge is 3.00 e. The maximum Gasteiger partial charge on any atom is 3.00 e. The molecular weight excluding hydrogens is 349 g/mol. The van der Waals surface area contributed by atoms with Gasteiger partial charge in [-0.05, 0) is 17.6 Å². The average Bonchev–Trinajstić information content (AvgIpc) is 2.93. The van der Waals surface area contributed by atoms with E-state index in [0.29, 0.717) is 0 Å². The molecule has 1 aliphatic rings. The van der Waals surface area contributed by atoms with Crippen molar-refractivity contribution in [2.45, 2.75) is 45.6 Å². The molecule has 0 fully saturated rings. The van der Waals surface area contributed by atoms with E-state index in [0.717, 1.165) is 13.0 Å². The maximum atomic E-state index is 4.90. The van der Waals surface area contributed by atoms with Crippen molar-refractivity contribution < 1.29 is 46.5 Å². The van der Waals surface area contributed by atoms with Gasteiger partial charge in [0.05, 0.1) is 0 Å². The van der Waals surface area contributed by atoms with Crippen LogP contribution in [0.1, 0.15) is 51.2 Å². The maximum absolute atomic E-state index is 4.90. The summed E-state index contributed by atoms with van der Waals surface area (Å²) in [5, 5.41) is 4.90. The van der Waals surface area contributed by atoms with Gasteiger partial charge in [0.1, 0.15) is 0 Å². The van der Waals surface area contributed by atoms with Crippen LogP contribution in [0.4, 0.5) is 0 Å². The van der Waals surface area contributed by atoms with Gasteiger partial charge in [0.2, 0.25) is 0 Å². The third kappa shape index (κ3) is 6.22. The van der Waals surface area contributed by atoms with Gasteiger partial charge in [-0.25, -0.2) is 0 Å². The molecule has 1 aliphatic carbocycles. The molecular formula is C18H24Cl2NTi. The molecule has 0 bridgehead atoms. The smallest absolute Gasteiger partial charge is 1.00 e. The number of rotatable bonds is 6. The van der Waals surface area contributed by atoms with E-state index in [9.17, 15) is 0 Å². The normalized spacial score (nSPS) is 12.8. The third-order valence-corrected chi connectivity index (χ3v) is 3.72. The van der Waals surface area contributed by atoms with E-state index in [1.54, 1.807) is 0 Å². The predicted molar refractivity (Wildman–Crippen MR) is 84.3 cm³/mol. The zero-order valence-corrected chi connectivity index (χ0v) is 16.6. The molecule has 0 aromatic heterocycles. The number of allylic oxidation sites excluding steroid dienone is 4. The van der Waals surface area contributed by atoms with Crippen LogP contribution in [0.2, 0.25) is 0 Å². The van der Waals surface area contributed by atoms with E-state index >= 15 is 0 Å². The van der Waals surface area contributed by atoms with E-state index in [1.807, 2.05) is 0 Å². The molecule has 0 saturated heterocycles. The first-order valence-electron chi connectivity index (χ1n) is 7.29. The fourth-order valence-electron chi connectivity index (χ4n) is 2.55. The van der Waals surface area contributed by atoms with Crippen molar-refractivity contribution in [1.82, 2.24) is 0 Å². The Balaban J connectivity index is 0. The van der Waals surface area contributed by atoms with Crippen molar-refractivity contribution in [1.29, 1.82) is 0 Å². The SMILES string of the molecule is CCCC[N-]C(C)(C)c1ccccc1C1=CC=CC1.[Cl-].[Cl-].[Ti+3]. The van der Waals surface area contributed by atoms with Gasteiger partial charge < -0.3 is 30.1 Å². The topological polar surface area (TPSA) is 14.1 Å². The molecule has 0 aliphatic heterocycles. The minimum atomic E-state index is -0.102. The summed E-state index contributed by atoms with van der Waals surface area (Å²) in [6.07, 6.45) is 10.0. The molecule has 1 aromatic rings. The molecule has 1 nitrogen and oxygen atoms in total. The van der Waals surface area contributed by atoms with Crippen molar-refractivity contribution in [3.05, 3.63) is 58.9 Å². The Hall–Kier alpha value is -0.0457. The Kier molecular flexibility index (Phi) is 12.6. The number of hydrogen-bond donors (Lipinski definition) is 0. The third-order valence-electron chi connectivity index (χ3n) is 3.72. The number of hydrogen-bond acceptors (Lipinski definition) is 0. The molecule has 0 heterocycles. The van der Waals surface area contributed by atoms with E-state index in [1.165, 1.54) is 29.5 Å². The summed E-state index contributed by atoms with van der Waals surface area (Å²) < 4.78 is 0. The zero-order chi connectivity index (χ0) is 13.7. The molecule has 22 heavy (non-hydrogen) atoms. The standard InChI is InChI=1S/C18H24N.2ClH.Ti/c1-4-5-14-19-18(2,3)17-13-9-8-12-16(17)15-10-6-7-11-15;;;/h6-10,12-13H,4-5,11,14H2,1-3H3;2*1H;/q-1;;;+3/p-2. The molecule has 0 unspecified atom stereocenters. The summed E-state index contributed by atoms with van der Waals surface area (Å²) in [7, 11) is 0. The monoisotopic (exact) mass is 372 g/mol. The Morgan fingerprint density at radius 2 is 1.82 bits per heavy atom. The summed E-state index contributed by atoms with van der Waals surface area (Å²) in [6, 6.07) is 8.70. The van der Waals surface area contributed by atoms with Gasteiger partial charge in [0.15, 0.2) is 0 Å². The van der Waals surface area contributed by atoms with E-state index in [2.05, 4.69) is 63.3 Å². The molecule has 4 heteroatoms. The summed E-state index contributed by atoms with van der Waals surface area (Å²) in [6.45, 7) is 7.62. The van der Waals surface area contributed by atoms with Crippen molar-refractivity contribution in [2.24, 2.45) is 0 Å². The van der Waals surface area contributed by atoms with Crippen molar-refractivity contribution in [3.8, 4) is 0 Å².